The van der Waals surface area contributed by atoms with Gasteiger partial charge in [-0.15, -0.1) is 6.42 Å². The summed E-state index contributed by atoms with van der Waals surface area (Å²) in [5, 5.41) is 0. The monoisotopic (exact) mass is 311 g/mol. The molecule has 1 aromatic rings. The Hall–Kier alpha value is -0.750. The first-order valence-electron chi connectivity index (χ1n) is 5.28. The molecular formula is C14H15I. The fourth-order valence-electron chi connectivity index (χ4n) is 1.31. The fourth-order valence-corrected chi connectivity index (χ4v) is 1.65. The van der Waals surface area contributed by atoms with Crippen LogP contribution in [0.15, 0.2) is 22.3 Å². The molecule has 0 saturated heterocycles. The highest BCUT2D eigenvalue weighted by atomic mass is 127. The Morgan fingerprint density at radius 2 is 2.13 bits per heavy atom. The number of halogens is 1. The van der Waals surface area contributed by atoms with Crippen LogP contribution >= 0.6 is 22.6 Å². The van der Waals surface area contributed by atoms with Crippen molar-refractivity contribution < 1.29 is 1.37 Å². The van der Waals surface area contributed by atoms with Crippen LogP contribution in [0.1, 0.15) is 38.8 Å². The summed E-state index contributed by atoms with van der Waals surface area (Å²) in [5.74, 6) is 2.66. The minimum absolute atomic E-state index is 0.0837. The maximum absolute atomic E-state index is 7.79. The summed E-state index contributed by atoms with van der Waals surface area (Å²) in [7, 11) is 0. The van der Waals surface area contributed by atoms with Gasteiger partial charge in [0.1, 0.15) is 0 Å². The molecule has 0 bridgehead atoms. The van der Waals surface area contributed by atoms with E-state index in [4.69, 9.17) is 7.79 Å². The predicted molar refractivity (Wildman–Crippen MR) is 76.1 cm³/mol. The Morgan fingerprint density at radius 3 is 2.60 bits per heavy atom. The summed E-state index contributed by atoms with van der Waals surface area (Å²) in [5.41, 5.74) is 2.90. The second-order valence-corrected chi connectivity index (χ2v) is 5.03. The van der Waals surface area contributed by atoms with Crippen molar-refractivity contribution in [3.8, 4) is 12.3 Å². The summed E-state index contributed by atoms with van der Waals surface area (Å²) in [6.07, 6.45) is 5.49. The second-order valence-electron chi connectivity index (χ2n) is 4.41. The summed E-state index contributed by atoms with van der Waals surface area (Å²) in [4.78, 5) is 0. The van der Waals surface area contributed by atoms with Gasteiger partial charge in [0.15, 0.2) is 0 Å². The molecule has 15 heavy (non-hydrogen) atoms. The Bertz CT molecular complexity index is 459. The van der Waals surface area contributed by atoms with E-state index in [0.717, 1.165) is 11.1 Å². The van der Waals surface area contributed by atoms with E-state index in [9.17, 15) is 0 Å². The molecule has 1 aromatic carbocycles. The first-order valence-corrected chi connectivity index (χ1v) is 6.03. The molecule has 0 spiro atoms. The molecule has 0 radical (unpaired) electrons. The van der Waals surface area contributed by atoms with Crippen LogP contribution in [0.3, 0.4) is 0 Å². The third-order valence-electron chi connectivity index (χ3n) is 2.25. The fraction of sp³-hybridized carbons (Fsp3) is 0.286. The van der Waals surface area contributed by atoms with Gasteiger partial charge in [-0.25, -0.2) is 0 Å². The highest BCUT2D eigenvalue weighted by Gasteiger charge is 2.14. The first kappa shape index (κ1) is 10.8. The second kappa shape index (κ2) is 4.85. The quantitative estimate of drug-likeness (QED) is 0.534. The van der Waals surface area contributed by atoms with Crippen LogP contribution in [-0.4, -0.2) is 0 Å². The van der Waals surface area contributed by atoms with E-state index in [1.54, 1.807) is 4.08 Å². The van der Waals surface area contributed by atoms with Crippen LogP contribution in [0, 0.1) is 12.3 Å². The maximum Gasteiger partial charge on any atom is 0.0634 e. The molecule has 1 heteroatoms. The van der Waals surface area contributed by atoms with Gasteiger partial charge in [0, 0.05) is 5.56 Å². The van der Waals surface area contributed by atoms with Crippen molar-refractivity contribution in [2.75, 3.05) is 0 Å². The Kier molecular flexibility index (Phi) is 3.48. The molecule has 78 valence electrons. The minimum Gasteiger partial charge on any atom is -0.115 e. The lowest BCUT2D eigenvalue weighted by Crippen LogP contribution is -2.11. The van der Waals surface area contributed by atoms with Crippen molar-refractivity contribution >= 4 is 28.6 Å². The zero-order valence-corrected chi connectivity index (χ0v) is 11.4. The van der Waals surface area contributed by atoms with Gasteiger partial charge in [-0.3, -0.25) is 0 Å². The topological polar surface area (TPSA) is 0 Å². The van der Waals surface area contributed by atoms with Gasteiger partial charge in [-0.1, -0.05) is 61.4 Å². The normalized spacial score (nSPS) is 13.3. The van der Waals surface area contributed by atoms with Crippen molar-refractivity contribution in [1.82, 2.24) is 0 Å². The number of hydrogen-bond acceptors (Lipinski definition) is 0. The van der Waals surface area contributed by atoms with Gasteiger partial charge in [0.05, 0.1) is 1.37 Å². The summed E-state index contributed by atoms with van der Waals surface area (Å²) in [6.45, 7) is 6.45. The number of benzene rings is 1. The van der Waals surface area contributed by atoms with Crippen molar-refractivity contribution in [2.24, 2.45) is 0 Å². The Morgan fingerprint density at radius 1 is 1.47 bits per heavy atom. The molecule has 0 aliphatic carbocycles. The van der Waals surface area contributed by atoms with Crippen LogP contribution in [0.5, 0.6) is 0 Å². The van der Waals surface area contributed by atoms with Gasteiger partial charge < -0.3 is 0 Å². The molecule has 0 heterocycles. The molecule has 0 saturated carbocycles. The molecule has 0 aliphatic rings. The summed E-state index contributed by atoms with van der Waals surface area (Å²) in [6, 6.07) is 6.45. The molecule has 0 nitrogen and oxygen atoms in total. The van der Waals surface area contributed by atoms with E-state index in [1.807, 2.05) is 18.2 Å². The van der Waals surface area contributed by atoms with Crippen molar-refractivity contribution in [2.45, 2.75) is 26.2 Å². The zero-order chi connectivity index (χ0) is 12.3. The highest BCUT2D eigenvalue weighted by Crippen LogP contribution is 2.25. The van der Waals surface area contributed by atoms with E-state index in [-0.39, 0.29) is 5.41 Å². The van der Waals surface area contributed by atoms with Gasteiger partial charge in [0.2, 0.25) is 0 Å². The Balaban J connectivity index is 3.35. The molecular weight excluding hydrogens is 295 g/mol. The van der Waals surface area contributed by atoms with Gasteiger partial charge in [-0.2, -0.15) is 0 Å². The third kappa shape index (κ3) is 3.10. The van der Waals surface area contributed by atoms with Crippen LogP contribution in [0.2, 0.25) is 0 Å². The minimum atomic E-state index is 0.0837. The smallest absolute Gasteiger partial charge is 0.0634 e. The lowest BCUT2D eigenvalue weighted by atomic mass is 9.85. The van der Waals surface area contributed by atoms with Crippen molar-refractivity contribution in [1.29, 1.82) is 0 Å². The third-order valence-corrected chi connectivity index (χ3v) is 2.56. The SMILES string of the molecule is [2H]/C(=C\I)c1ccc(C(C)(C)C)cc1C#C. The average Bonchev–Trinajstić information content (AvgIpc) is 2.26. The summed E-state index contributed by atoms with van der Waals surface area (Å²) < 4.78 is 9.52. The number of hydrogen-bond donors (Lipinski definition) is 0. The molecule has 0 atom stereocenters. The van der Waals surface area contributed by atoms with Crippen molar-refractivity contribution in [3.63, 3.8) is 0 Å². The van der Waals surface area contributed by atoms with Crippen LogP contribution < -0.4 is 0 Å². The molecule has 0 N–H and O–H groups in total. The number of terminal acetylenes is 1. The molecule has 0 aromatic heterocycles. The largest absolute Gasteiger partial charge is 0.115 e. The molecule has 0 aliphatic heterocycles. The van der Waals surface area contributed by atoms with Crippen LogP contribution in [-0.2, 0) is 5.41 Å². The van der Waals surface area contributed by atoms with E-state index >= 15 is 0 Å². The first-order chi connectivity index (χ1) is 7.40. The standard InChI is InChI=1S/C14H15I/c1-5-11-10-13(14(2,3)4)7-6-12(11)8-9-15/h1,6-10H,2-4H3/b9-8+/i8D. The molecule has 0 unspecified atom stereocenters. The van der Waals surface area contributed by atoms with E-state index in [2.05, 4.69) is 49.3 Å². The van der Waals surface area contributed by atoms with E-state index in [1.165, 1.54) is 5.56 Å². The van der Waals surface area contributed by atoms with Gasteiger partial charge in [-0.05, 0) is 32.7 Å². The van der Waals surface area contributed by atoms with E-state index in [0.29, 0.717) is 6.05 Å². The lowest BCUT2D eigenvalue weighted by molar-refractivity contribution is 0.590. The highest BCUT2D eigenvalue weighted by molar-refractivity contribution is 14.1. The molecule has 1 rings (SSSR count). The molecule has 0 fully saturated rings. The maximum atomic E-state index is 7.79. The number of rotatable bonds is 1. The lowest BCUT2D eigenvalue weighted by Gasteiger charge is -2.19. The zero-order valence-electron chi connectivity index (χ0n) is 10.3. The van der Waals surface area contributed by atoms with Crippen LogP contribution in [0.25, 0.3) is 6.05 Å². The molecule has 0 amide bonds. The van der Waals surface area contributed by atoms with Crippen molar-refractivity contribution in [3.05, 3.63) is 39.0 Å². The van der Waals surface area contributed by atoms with E-state index < -0.39 is 0 Å². The van der Waals surface area contributed by atoms with Crippen LogP contribution in [0.4, 0.5) is 0 Å². The summed E-state index contributed by atoms with van der Waals surface area (Å²) >= 11 is 2.06. The van der Waals surface area contributed by atoms with Gasteiger partial charge >= 0.3 is 0 Å². The average molecular weight is 311 g/mol. The predicted octanol–water partition coefficient (Wildman–Crippen LogP) is 4.37. The van der Waals surface area contributed by atoms with Gasteiger partial charge in [0.25, 0.3) is 0 Å². The Labute approximate surface area is 107 Å².